The summed E-state index contributed by atoms with van der Waals surface area (Å²) in [6, 6.07) is 5.44. The van der Waals surface area contributed by atoms with Gasteiger partial charge in [0.05, 0.1) is 11.6 Å². The van der Waals surface area contributed by atoms with Crippen LogP contribution < -0.4 is 9.80 Å². The third-order valence-electron chi connectivity index (χ3n) is 4.27. The molecule has 1 atom stereocenters. The Hall–Kier alpha value is -2.70. The van der Waals surface area contributed by atoms with Gasteiger partial charge in [-0.05, 0) is 25.1 Å². The molecule has 118 valence electrons. The van der Waals surface area contributed by atoms with Gasteiger partial charge in [-0.25, -0.2) is 19.3 Å². The lowest BCUT2D eigenvalue weighted by Gasteiger charge is -2.41. The number of pyridine rings is 1. The summed E-state index contributed by atoms with van der Waals surface area (Å²) in [6.45, 7) is 4.62. The number of fused-ring (bicyclic) bond motifs is 1. The molecule has 1 unspecified atom stereocenters. The zero-order chi connectivity index (χ0) is 15.8. The first kappa shape index (κ1) is 13.9. The van der Waals surface area contributed by atoms with E-state index < -0.39 is 0 Å². The van der Waals surface area contributed by atoms with Crippen LogP contribution in [0, 0.1) is 5.82 Å². The first-order valence-electron chi connectivity index (χ1n) is 7.63. The van der Waals surface area contributed by atoms with Crippen molar-refractivity contribution in [2.75, 3.05) is 29.4 Å². The number of aromatic amines is 1. The lowest BCUT2D eigenvalue weighted by atomic mass is 10.1. The first-order valence-corrected chi connectivity index (χ1v) is 7.63. The van der Waals surface area contributed by atoms with Crippen LogP contribution in [0.15, 0.2) is 36.9 Å². The minimum atomic E-state index is -0.309. The van der Waals surface area contributed by atoms with E-state index in [1.807, 2.05) is 12.3 Å². The molecule has 0 aromatic carbocycles. The number of piperazine rings is 1. The zero-order valence-electron chi connectivity index (χ0n) is 12.8. The number of hydrogen-bond acceptors (Lipinski definition) is 5. The summed E-state index contributed by atoms with van der Waals surface area (Å²) in [5, 5.41) is 1.04. The van der Waals surface area contributed by atoms with Crippen molar-refractivity contribution < 1.29 is 4.39 Å². The monoisotopic (exact) mass is 312 g/mol. The molecular weight excluding hydrogens is 295 g/mol. The molecule has 4 heterocycles. The van der Waals surface area contributed by atoms with E-state index in [-0.39, 0.29) is 11.9 Å². The van der Waals surface area contributed by atoms with Crippen molar-refractivity contribution >= 4 is 22.7 Å². The van der Waals surface area contributed by atoms with Crippen LogP contribution in [-0.4, -0.2) is 45.6 Å². The quantitative estimate of drug-likeness (QED) is 0.786. The molecule has 0 aliphatic carbocycles. The molecule has 0 radical (unpaired) electrons. The number of aromatic nitrogens is 4. The van der Waals surface area contributed by atoms with Crippen LogP contribution in [0.1, 0.15) is 6.92 Å². The normalized spacial score (nSPS) is 18.6. The minimum absolute atomic E-state index is 0.255. The van der Waals surface area contributed by atoms with Gasteiger partial charge < -0.3 is 14.8 Å². The van der Waals surface area contributed by atoms with E-state index in [1.54, 1.807) is 12.4 Å². The highest BCUT2D eigenvalue weighted by molar-refractivity contribution is 5.87. The summed E-state index contributed by atoms with van der Waals surface area (Å²) < 4.78 is 13.0. The van der Waals surface area contributed by atoms with Gasteiger partial charge in [-0.3, -0.25) is 0 Å². The van der Waals surface area contributed by atoms with Gasteiger partial charge in [0, 0.05) is 31.9 Å². The van der Waals surface area contributed by atoms with Crippen LogP contribution in [0.5, 0.6) is 0 Å². The molecule has 1 saturated heterocycles. The molecule has 4 rings (SSSR count). The van der Waals surface area contributed by atoms with Gasteiger partial charge in [-0.15, -0.1) is 0 Å². The molecule has 0 spiro atoms. The molecule has 0 saturated carbocycles. The summed E-state index contributed by atoms with van der Waals surface area (Å²) in [7, 11) is 0. The van der Waals surface area contributed by atoms with E-state index in [0.29, 0.717) is 0 Å². The second kappa shape index (κ2) is 5.49. The van der Waals surface area contributed by atoms with Gasteiger partial charge in [0.25, 0.3) is 0 Å². The number of H-pyrrole nitrogens is 1. The number of nitrogens with zero attached hydrogens (tertiary/aromatic N) is 5. The summed E-state index contributed by atoms with van der Waals surface area (Å²) in [6.07, 6.45) is 4.74. The molecule has 7 heteroatoms. The molecule has 1 N–H and O–H groups in total. The van der Waals surface area contributed by atoms with E-state index in [0.717, 1.165) is 42.3 Å². The lowest BCUT2D eigenvalue weighted by Crippen LogP contribution is -2.52. The molecule has 0 bridgehead atoms. The Kier molecular flexibility index (Phi) is 3.33. The van der Waals surface area contributed by atoms with E-state index in [1.165, 1.54) is 12.3 Å². The molecular formula is C16H17FN6. The minimum Gasteiger partial charge on any atom is -0.352 e. The average Bonchev–Trinajstić information content (AvgIpc) is 3.04. The van der Waals surface area contributed by atoms with Crippen LogP contribution in [-0.2, 0) is 0 Å². The molecule has 1 aliphatic rings. The molecule has 1 fully saturated rings. The molecule has 3 aromatic heterocycles. The SMILES string of the molecule is CC1CN(c2ncnc3[nH]ccc23)CCN1c1ccc(F)cn1. The Bertz CT molecular complexity index is 815. The fourth-order valence-electron chi connectivity index (χ4n) is 3.14. The number of anilines is 2. The van der Waals surface area contributed by atoms with Crippen LogP contribution in [0.4, 0.5) is 16.0 Å². The van der Waals surface area contributed by atoms with Crippen molar-refractivity contribution in [2.24, 2.45) is 0 Å². The molecule has 6 nitrogen and oxygen atoms in total. The topological polar surface area (TPSA) is 60.9 Å². The van der Waals surface area contributed by atoms with Gasteiger partial charge in [0.1, 0.15) is 29.4 Å². The van der Waals surface area contributed by atoms with Crippen molar-refractivity contribution in [3.8, 4) is 0 Å². The van der Waals surface area contributed by atoms with E-state index in [4.69, 9.17) is 0 Å². The number of nitrogens with one attached hydrogen (secondary N) is 1. The van der Waals surface area contributed by atoms with Crippen molar-refractivity contribution in [3.05, 3.63) is 42.7 Å². The Labute approximate surface area is 133 Å². The highest BCUT2D eigenvalue weighted by Crippen LogP contribution is 2.26. The largest absolute Gasteiger partial charge is 0.352 e. The standard InChI is InChI=1S/C16H17FN6/c1-11-9-22(16-13-4-5-18-15(13)20-10-21-16)6-7-23(11)14-3-2-12(17)8-19-14/h2-5,8,10-11H,6-7,9H2,1H3,(H,18,20,21). The maximum atomic E-state index is 13.0. The van der Waals surface area contributed by atoms with Crippen molar-refractivity contribution in [2.45, 2.75) is 13.0 Å². The predicted molar refractivity (Wildman–Crippen MR) is 87.1 cm³/mol. The number of halogens is 1. The number of hydrogen-bond donors (Lipinski definition) is 1. The van der Waals surface area contributed by atoms with E-state index >= 15 is 0 Å². The summed E-state index contributed by atoms with van der Waals surface area (Å²) in [4.78, 5) is 20.5. The summed E-state index contributed by atoms with van der Waals surface area (Å²) in [5.41, 5.74) is 0.852. The second-order valence-electron chi connectivity index (χ2n) is 5.76. The van der Waals surface area contributed by atoms with Gasteiger partial charge in [-0.1, -0.05) is 0 Å². The highest BCUT2D eigenvalue weighted by atomic mass is 19.1. The number of rotatable bonds is 2. The Morgan fingerprint density at radius 2 is 2.09 bits per heavy atom. The van der Waals surface area contributed by atoms with Crippen LogP contribution >= 0.6 is 0 Å². The van der Waals surface area contributed by atoms with Gasteiger partial charge >= 0.3 is 0 Å². The van der Waals surface area contributed by atoms with E-state index in [9.17, 15) is 4.39 Å². The summed E-state index contributed by atoms with van der Waals surface area (Å²) >= 11 is 0. The molecule has 23 heavy (non-hydrogen) atoms. The fourth-order valence-corrected chi connectivity index (χ4v) is 3.14. The van der Waals surface area contributed by atoms with Gasteiger partial charge in [-0.2, -0.15) is 0 Å². The smallest absolute Gasteiger partial charge is 0.142 e. The predicted octanol–water partition coefficient (Wildman–Crippen LogP) is 2.21. The Morgan fingerprint density at radius 3 is 2.87 bits per heavy atom. The molecule has 0 amide bonds. The average molecular weight is 312 g/mol. The van der Waals surface area contributed by atoms with E-state index in [2.05, 4.69) is 36.7 Å². The first-order chi connectivity index (χ1) is 11.2. The molecule has 1 aliphatic heterocycles. The van der Waals surface area contributed by atoms with Crippen molar-refractivity contribution in [1.29, 1.82) is 0 Å². The third kappa shape index (κ3) is 2.48. The highest BCUT2D eigenvalue weighted by Gasteiger charge is 2.26. The second-order valence-corrected chi connectivity index (χ2v) is 5.76. The van der Waals surface area contributed by atoms with Crippen LogP contribution in [0.25, 0.3) is 11.0 Å². The Morgan fingerprint density at radius 1 is 1.17 bits per heavy atom. The van der Waals surface area contributed by atoms with Crippen LogP contribution in [0.2, 0.25) is 0 Å². The lowest BCUT2D eigenvalue weighted by molar-refractivity contribution is 0.541. The van der Waals surface area contributed by atoms with Gasteiger partial charge in [0.2, 0.25) is 0 Å². The maximum Gasteiger partial charge on any atom is 0.142 e. The van der Waals surface area contributed by atoms with Crippen molar-refractivity contribution in [3.63, 3.8) is 0 Å². The van der Waals surface area contributed by atoms with Gasteiger partial charge in [0.15, 0.2) is 0 Å². The zero-order valence-corrected chi connectivity index (χ0v) is 12.8. The maximum absolute atomic E-state index is 13.0. The fraction of sp³-hybridized carbons (Fsp3) is 0.312. The summed E-state index contributed by atoms with van der Waals surface area (Å²) in [5.74, 6) is 1.46. The van der Waals surface area contributed by atoms with Crippen LogP contribution in [0.3, 0.4) is 0 Å². The van der Waals surface area contributed by atoms with Crippen molar-refractivity contribution in [1.82, 2.24) is 19.9 Å². The Balaban J connectivity index is 1.57. The molecule has 3 aromatic rings. The third-order valence-corrected chi connectivity index (χ3v) is 4.27.